The predicted octanol–water partition coefficient (Wildman–Crippen LogP) is 8.87. The van der Waals surface area contributed by atoms with Crippen LogP contribution in [-0.4, -0.2) is 19.9 Å². The minimum absolute atomic E-state index is 0.666. The zero-order valence-electron chi connectivity index (χ0n) is 21.6. The lowest BCUT2D eigenvalue weighted by Gasteiger charge is -2.13. The average molecular weight is 525 g/mol. The molecule has 6 rings (SSSR count). The molecule has 0 aliphatic rings. The van der Waals surface area contributed by atoms with Crippen LogP contribution in [0.2, 0.25) is 5.02 Å². The molecule has 0 atom stereocenters. The molecule has 6 aromatic rings. The molecular weight excluding hydrogens is 500 g/mol. The molecule has 0 saturated heterocycles. The molecule has 0 aliphatic carbocycles. The molecule has 4 aromatic carbocycles. The van der Waals surface area contributed by atoms with Crippen molar-refractivity contribution in [2.45, 2.75) is 13.8 Å². The van der Waals surface area contributed by atoms with E-state index in [9.17, 15) is 0 Å². The molecule has 4 nitrogen and oxygen atoms in total. The first-order chi connectivity index (χ1) is 19.0. The van der Waals surface area contributed by atoms with Crippen LogP contribution < -0.4 is 0 Å². The van der Waals surface area contributed by atoms with Crippen LogP contribution in [0.4, 0.5) is 0 Å². The van der Waals surface area contributed by atoms with E-state index < -0.39 is 0 Å². The van der Waals surface area contributed by atoms with Crippen LogP contribution in [0, 0.1) is 13.8 Å². The van der Waals surface area contributed by atoms with Gasteiger partial charge in [-0.05, 0) is 49.2 Å². The maximum absolute atomic E-state index is 6.41. The number of rotatable bonds is 5. The molecule has 0 unspecified atom stereocenters. The molecule has 188 valence electrons. The van der Waals surface area contributed by atoms with Gasteiger partial charge in [-0.15, -0.1) is 0 Å². The lowest BCUT2D eigenvalue weighted by atomic mass is 9.96. The van der Waals surface area contributed by atoms with Gasteiger partial charge in [0, 0.05) is 33.0 Å². The van der Waals surface area contributed by atoms with E-state index >= 15 is 0 Å². The third kappa shape index (κ3) is 5.33. The smallest absolute Gasteiger partial charge is 0.160 e. The zero-order chi connectivity index (χ0) is 26.8. The molecule has 0 radical (unpaired) electrons. The van der Waals surface area contributed by atoms with E-state index in [-0.39, 0.29) is 0 Å². The Kier molecular flexibility index (Phi) is 6.70. The second-order valence-corrected chi connectivity index (χ2v) is 9.84. The average Bonchev–Trinajstić information content (AvgIpc) is 2.97. The summed E-state index contributed by atoms with van der Waals surface area (Å²) in [7, 11) is 0. The highest BCUT2D eigenvalue weighted by Crippen LogP contribution is 2.35. The number of benzene rings is 4. The lowest BCUT2D eigenvalue weighted by molar-refractivity contribution is 1.02. The van der Waals surface area contributed by atoms with Crippen LogP contribution in [0.3, 0.4) is 0 Å². The van der Waals surface area contributed by atoms with E-state index in [1.165, 1.54) is 0 Å². The number of halogens is 1. The number of aryl methyl sites for hydroxylation is 2. The van der Waals surface area contributed by atoms with E-state index in [1.54, 1.807) is 0 Å². The Hall–Kier alpha value is -4.67. The molecule has 0 saturated carbocycles. The van der Waals surface area contributed by atoms with Gasteiger partial charge in [-0.3, -0.25) is 0 Å². The van der Waals surface area contributed by atoms with Crippen molar-refractivity contribution < 1.29 is 0 Å². The van der Waals surface area contributed by atoms with Gasteiger partial charge in [0.25, 0.3) is 0 Å². The summed E-state index contributed by atoms with van der Waals surface area (Å²) in [5.74, 6) is 1.41. The minimum atomic E-state index is 0.666. The predicted molar refractivity (Wildman–Crippen MR) is 159 cm³/mol. The Morgan fingerprint density at radius 2 is 1.05 bits per heavy atom. The standard InChI is InChI=1S/C34H25ClN4/c1-22-19-33(37-23(2)36-22)30-20-28(35)17-18-29(30)24-13-15-27(16-14-24)34-38-31(25-9-5-3-6-10-25)21-32(39-34)26-11-7-4-8-12-26/h3-21H,1-2H3. The van der Waals surface area contributed by atoms with Crippen molar-refractivity contribution in [3.05, 3.63) is 132 Å². The Morgan fingerprint density at radius 1 is 0.462 bits per heavy atom. The van der Waals surface area contributed by atoms with Gasteiger partial charge in [0.1, 0.15) is 5.82 Å². The van der Waals surface area contributed by atoms with Crippen molar-refractivity contribution in [3.63, 3.8) is 0 Å². The molecule has 0 bridgehead atoms. The molecular formula is C34H25ClN4. The van der Waals surface area contributed by atoms with E-state index in [0.717, 1.165) is 62.0 Å². The van der Waals surface area contributed by atoms with Crippen LogP contribution in [0.1, 0.15) is 11.5 Å². The third-order valence-corrected chi connectivity index (χ3v) is 6.78. The summed E-state index contributed by atoms with van der Waals surface area (Å²) in [5.41, 5.74) is 9.67. The molecule has 0 spiro atoms. The Morgan fingerprint density at radius 3 is 1.64 bits per heavy atom. The van der Waals surface area contributed by atoms with Crippen molar-refractivity contribution in [1.29, 1.82) is 0 Å². The summed E-state index contributed by atoms with van der Waals surface area (Å²) in [6.45, 7) is 3.88. The third-order valence-electron chi connectivity index (χ3n) is 6.54. The van der Waals surface area contributed by atoms with Crippen molar-refractivity contribution in [3.8, 4) is 56.3 Å². The summed E-state index contributed by atoms with van der Waals surface area (Å²) >= 11 is 6.41. The van der Waals surface area contributed by atoms with Gasteiger partial charge in [0.05, 0.1) is 17.1 Å². The minimum Gasteiger partial charge on any atom is -0.239 e. The van der Waals surface area contributed by atoms with Crippen molar-refractivity contribution in [2.75, 3.05) is 0 Å². The Balaban J connectivity index is 1.43. The molecule has 2 heterocycles. The van der Waals surface area contributed by atoms with E-state index in [2.05, 4.69) is 58.5 Å². The molecule has 2 aromatic heterocycles. The van der Waals surface area contributed by atoms with E-state index in [4.69, 9.17) is 21.6 Å². The second-order valence-electron chi connectivity index (χ2n) is 9.40. The first-order valence-corrected chi connectivity index (χ1v) is 13.1. The van der Waals surface area contributed by atoms with Gasteiger partial charge in [0.2, 0.25) is 0 Å². The number of hydrogen-bond acceptors (Lipinski definition) is 4. The fraction of sp³-hybridized carbons (Fsp3) is 0.0588. The molecule has 0 N–H and O–H groups in total. The summed E-state index contributed by atoms with van der Waals surface area (Å²) in [6.07, 6.45) is 0. The fourth-order valence-electron chi connectivity index (χ4n) is 4.72. The first-order valence-electron chi connectivity index (χ1n) is 12.8. The van der Waals surface area contributed by atoms with E-state index in [0.29, 0.717) is 10.8 Å². The van der Waals surface area contributed by atoms with Crippen molar-refractivity contribution in [1.82, 2.24) is 19.9 Å². The van der Waals surface area contributed by atoms with Crippen LogP contribution in [-0.2, 0) is 0 Å². The zero-order valence-corrected chi connectivity index (χ0v) is 22.4. The normalized spacial score (nSPS) is 10.9. The molecule has 0 aliphatic heterocycles. The van der Waals surface area contributed by atoms with Gasteiger partial charge >= 0.3 is 0 Å². The largest absolute Gasteiger partial charge is 0.239 e. The SMILES string of the molecule is Cc1cc(-c2cc(Cl)ccc2-c2ccc(-c3nc(-c4ccccc4)cc(-c4ccccc4)n3)cc2)nc(C)n1. The number of nitrogens with zero attached hydrogens (tertiary/aromatic N) is 4. The second kappa shape index (κ2) is 10.6. The van der Waals surface area contributed by atoms with Crippen molar-refractivity contribution in [2.24, 2.45) is 0 Å². The van der Waals surface area contributed by atoms with Gasteiger partial charge < -0.3 is 0 Å². The maximum Gasteiger partial charge on any atom is 0.160 e. The Labute approximate surface area is 233 Å². The van der Waals surface area contributed by atoms with Gasteiger partial charge in [0.15, 0.2) is 5.82 Å². The summed E-state index contributed by atoms with van der Waals surface area (Å²) in [6, 6.07) is 38.7. The highest BCUT2D eigenvalue weighted by molar-refractivity contribution is 6.31. The number of aromatic nitrogens is 4. The lowest BCUT2D eigenvalue weighted by Crippen LogP contribution is -1.96. The van der Waals surface area contributed by atoms with Crippen LogP contribution in [0.25, 0.3) is 56.3 Å². The summed E-state index contributed by atoms with van der Waals surface area (Å²) in [5, 5.41) is 0.666. The van der Waals surface area contributed by atoms with Gasteiger partial charge in [-0.1, -0.05) is 103 Å². The van der Waals surface area contributed by atoms with Crippen LogP contribution in [0.15, 0.2) is 115 Å². The monoisotopic (exact) mass is 524 g/mol. The van der Waals surface area contributed by atoms with Gasteiger partial charge in [-0.2, -0.15) is 0 Å². The van der Waals surface area contributed by atoms with Gasteiger partial charge in [-0.25, -0.2) is 19.9 Å². The molecule has 0 amide bonds. The fourth-order valence-corrected chi connectivity index (χ4v) is 4.90. The molecule has 39 heavy (non-hydrogen) atoms. The highest BCUT2D eigenvalue weighted by atomic mass is 35.5. The van der Waals surface area contributed by atoms with Crippen LogP contribution >= 0.6 is 11.6 Å². The van der Waals surface area contributed by atoms with Crippen molar-refractivity contribution >= 4 is 11.6 Å². The first kappa shape index (κ1) is 24.7. The summed E-state index contributed by atoms with van der Waals surface area (Å²) < 4.78 is 0. The van der Waals surface area contributed by atoms with E-state index in [1.807, 2.05) is 80.6 Å². The maximum atomic E-state index is 6.41. The van der Waals surface area contributed by atoms with Crippen LogP contribution in [0.5, 0.6) is 0 Å². The highest BCUT2D eigenvalue weighted by Gasteiger charge is 2.14. The summed E-state index contributed by atoms with van der Waals surface area (Å²) in [4.78, 5) is 19.0. The molecule has 5 heteroatoms. The quantitative estimate of drug-likeness (QED) is 0.226. The number of hydrogen-bond donors (Lipinski definition) is 0. The topological polar surface area (TPSA) is 51.6 Å². The Bertz CT molecular complexity index is 1690. The molecule has 0 fully saturated rings.